The maximum absolute atomic E-state index is 13.2. The molecule has 4 fully saturated rings. The molecule has 1 aromatic heterocycles. The van der Waals surface area contributed by atoms with Gasteiger partial charge in [0.1, 0.15) is 23.6 Å². The van der Waals surface area contributed by atoms with Gasteiger partial charge in [-0.05, 0) is 77.6 Å². The Labute approximate surface area is 286 Å². The molecule has 1 aromatic carbocycles. The second kappa shape index (κ2) is 14.3. The van der Waals surface area contributed by atoms with E-state index in [1.807, 2.05) is 58.9 Å². The van der Waals surface area contributed by atoms with E-state index >= 15 is 0 Å². The molecule has 0 bridgehead atoms. The summed E-state index contributed by atoms with van der Waals surface area (Å²) in [6.45, 7) is 17.1. The Morgan fingerprint density at radius 3 is 2.20 bits per heavy atom. The second-order valence-electron chi connectivity index (χ2n) is 15.1. The van der Waals surface area contributed by atoms with Gasteiger partial charge in [-0.3, -0.25) is 9.88 Å². The Balaban J connectivity index is 0.947. The number of hydrogen-bond donors (Lipinski definition) is 1. The van der Waals surface area contributed by atoms with Gasteiger partial charge in [-0.2, -0.15) is 13.2 Å². The Kier molecular flexibility index (Phi) is 10.4. The Morgan fingerprint density at radius 2 is 1.57 bits per heavy atom. The third-order valence-electron chi connectivity index (χ3n) is 9.58. The van der Waals surface area contributed by atoms with Crippen LogP contribution in [0.5, 0.6) is 0 Å². The molecule has 0 spiro atoms. The van der Waals surface area contributed by atoms with E-state index < -0.39 is 35.4 Å². The summed E-state index contributed by atoms with van der Waals surface area (Å²) in [6, 6.07) is 7.29. The molecule has 0 saturated carbocycles. The number of ether oxygens (including phenoxy) is 4. The van der Waals surface area contributed by atoms with Crippen LogP contribution in [0.15, 0.2) is 36.7 Å². The number of carbonyl (C=O) groups is 1. The summed E-state index contributed by atoms with van der Waals surface area (Å²) >= 11 is 0. The van der Waals surface area contributed by atoms with Crippen molar-refractivity contribution in [2.45, 2.75) is 89.4 Å². The quantitative estimate of drug-likeness (QED) is 0.391. The number of fused-ring (bicyclic) bond motifs is 1. The highest BCUT2D eigenvalue weighted by atomic mass is 19.4. The van der Waals surface area contributed by atoms with Gasteiger partial charge >= 0.3 is 12.1 Å². The zero-order valence-corrected chi connectivity index (χ0v) is 29.0. The number of piperidine rings is 1. The molecule has 270 valence electrons. The first-order valence-corrected chi connectivity index (χ1v) is 17.3. The van der Waals surface area contributed by atoms with Crippen LogP contribution in [0.4, 0.5) is 24.7 Å². The molecule has 4 aliphatic heterocycles. The Hall–Kier alpha value is -3.04. The van der Waals surface area contributed by atoms with Gasteiger partial charge in [0, 0.05) is 58.0 Å². The average molecular weight is 691 g/mol. The normalized spacial score (nSPS) is 27.1. The maximum atomic E-state index is 13.2. The molecule has 49 heavy (non-hydrogen) atoms. The van der Waals surface area contributed by atoms with Crippen molar-refractivity contribution in [1.29, 1.82) is 0 Å². The fraction of sp³-hybridized carbons (Fsp3) is 0.686. The number of carbonyl (C=O) groups excluding carboxylic acids is 1. The Bertz CT molecular complexity index is 1420. The third-order valence-corrected chi connectivity index (χ3v) is 9.58. The number of piperazine rings is 1. The van der Waals surface area contributed by atoms with Gasteiger partial charge in [0.05, 0.1) is 36.7 Å². The van der Waals surface area contributed by atoms with Gasteiger partial charge in [0.25, 0.3) is 0 Å². The van der Waals surface area contributed by atoms with E-state index in [4.69, 9.17) is 18.9 Å². The van der Waals surface area contributed by atoms with Crippen molar-refractivity contribution in [2.75, 3.05) is 69.2 Å². The number of hydrogen-bond acceptors (Lipinski definition) is 11. The molecule has 2 aromatic rings. The lowest BCUT2D eigenvalue weighted by Crippen LogP contribution is -2.58. The molecule has 5 heterocycles. The number of esters is 1. The molecule has 14 heteroatoms. The third kappa shape index (κ3) is 9.20. The van der Waals surface area contributed by atoms with Crippen LogP contribution in [0.1, 0.15) is 63.5 Å². The minimum atomic E-state index is -4.59. The van der Waals surface area contributed by atoms with E-state index in [2.05, 4.69) is 30.0 Å². The number of nitrogens with one attached hydrogen (secondary N) is 1. The molecule has 0 aliphatic carbocycles. The van der Waals surface area contributed by atoms with Crippen LogP contribution in [-0.4, -0.2) is 120 Å². The summed E-state index contributed by atoms with van der Waals surface area (Å²) in [5.41, 5.74) is 0.136. The number of nitrogens with zero attached hydrogens (tertiary/aromatic N) is 5. The van der Waals surface area contributed by atoms with Crippen molar-refractivity contribution in [1.82, 2.24) is 19.8 Å². The fourth-order valence-electron chi connectivity index (χ4n) is 7.17. The molecule has 0 amide bonds. The minimum Gasteiger partial charge on any atom is -0.456 e. The largest absolute Gasteiger partial charge is 0.456 e. The fourth-order valence-corrected chi connectivity index (χ4v) is 7.17. The summed E-state index contributed by atoms with van der Waals surface area (Å²) in [5.74, 6) is -0.487. The van der Waals surface area contributed by atoms with E-state index in [9.17, 15) is 18.0 Å². The summed E-state index contributed by atoms with van der Waals surface area (Å²) < 4.78 is 63.9. The summed E-state index contributed by atoms with van der Waals surface area (Å²) in [4.78, 5) is 27.2. The first kappa shape index (κ1) is 35.8. The van der Waals surface area contributed by atoms with Crippen molar-refractivity contribution < 1.29 is 36.9 Å². The van der Waals surface area contributed by atoms with Crippen molar-refractivity contribution in [3.8, 4) is 0 Å². The first-order chi connectivity index (χ1) is 23.1. The van der Waals surface area contributed by atoms with Crippen LogP contribution in [0, 0.1) is 5.92 Å². The second-order valence-corrected chi connectivity index (χ2v) is 15.1. The SMILES string of the molecule is CC(C)(C)OC(=O)c1ccc(N2CCC(CN3CCN(C[C@H]4OC[C@H](Nc5cncc(C(F)(F)F)n5)[C@H]5OC(C)(C)O[C@H]54)CC3)CC2)cc1. The molecule has 4 aliphatic rings. The van der Waals surface area contributed by atoms with E-state index in [-0.39, 0.29) is 30.6 Å². The zero-order chi connectivity index (χ0) is 35.0. The topological polar surface area (TPSA) is 102 Å². The summed E-state index contributed by atoms with van der Waals surface area (Å²) in [7, 11) is 0. The van der Waals surface area contributed by atoms with Crippen LogP contribution in [-0.2, 0) is 25.1 Å². The number of halogens is 3. The van der Waals surface area contributed by atoms with E-state index in [0.717, 1.165) is 64.3 Å². The van der Waals surface area contributed by atoms with Gasteiger partial charge in [0.2, 0.25) is 0 Å². The van der Waals surface area contributed by atoms with Crippen molar-refractivity contribution >= 4 is 17.5 Å². The number of benzene rings is 1. The van der Waals surface area contributed by atoms with Crippen LogP contribution in [0.2, 0.25) is 0 Å². The molecular weight excluding hydrogens is 641 g/mol. The molecule has 1 N–H and O–H groups in total. The van der Waals surface area contributed by atoms with Crippen LogP contribution in [0.3, 0.4) is 0 Å². The highest BCUT2D eigenvalue weighted by Crippen LogP contribution is 2.37. The highest BCUT2D eigenvalue weighted by Gasteiger charge is 2.52. The summed E-state index contributed by atoms with van der Waals surface area (Å²) in [6.07, 6.45) is -1.38. The number of anilines is 2. The predicted octanol–water partition coefficient (Wildman–Crippen LogP) is 4.68. The molecule has 4 saturated heterocycles. The van der Waals surface area contributed by atoms with Gasteiger partial charge in [0.15, 0.2) is 11.5 Å². The van der Waals surface area contributed by atoms with Crippen LogP contribution >= 0.6 is 0 Å². The molecule has 11 nitrogen and oxygen atoms in total. The Morgan fingerprint density at radius 1 is 0.939 bits per heavy atom. The lowest BCUT2D eigenvalue weighted by atomic mass is 9.95. The molecule has 4 atom stereocenters. The highest BCUT2D eigenvalue weighted by molar-refractivity contribution is 5.90. The number of alkyl halides is 3. The van der Waals surface area contributed by atoms with E-state index in [1.165, 1.54) is 6.20 Å². The van der Waals surface area contributed by atoms with Crippen molar-refractivity contribution in [3.05, 3.63) is 47.9 Å². The average Bonchev–Trinajstić information content (AvgIpc) is 3.38. The first-order valence-electron chi connectivity index (χ1n) is 17.3. The summed E-state index contributed by atoms with van der Waals surface area (Å²) in [5, 5.41) is 3.05. The van der Waals surface area contributed by atoms with Gasteiger partial charge in [-0.15, -0.1) is 0 Å². The monoisotopic (exact) mass is 690 g/mol. The minimum absolute atomic E-state index is 0.0182. The predicted molar refractivity (Wildman–Crippen MR) is 177 cm³/mol. The van der Waals surface area contributed by atoms with E-state index in [1.54, 1.807) is 0 Å². The molecular formula is C35H49F3N6O5. The lowest BCUT2D eigenvalue weighted by molar-refractivity contribution is -0.156. The van der Waals surface area contributed by atoms with Gasteiger partial charge in [-0.25, -0.2) is 9.78 Å². The zero-order valence-electron chi connectivity index (χ0n) is 29.0. The van der Waals surface area contributed by atoms with Crippen LogP contribution in [0.25, 0.3) is 0 Å². The smallest absolute Gasteiger partial charge is 0.434 e. The number of rotatable bonds is 8. The molecule has 6 rings (SSSR count). The van der Waals surface area contributed by atoms with Gasteiger partial charge < -0.3 is 34.1 Å². The van der Waals surface area contributed by atoms with Gasteiger partial charge in [-0.1, -0.05) is 0 Å². The molecule has 0 unspecified atom stereocenters. The van der Waals surface area contributed by atoms with Crippen molar-refractivity contribution in [2.24, 2.45) is 5.92 Å². The standard InChI is InChI=1S/C35H49F3N6O5/c1-33(2,3)49-32(45)24-6-8-25(9-7-24)44-12-10-23(11-13-44)20-42-14-16-43(17-15-42)21-27-31-30(47-34(4,5)48-31)26(22-46-27)40-29-19-39-18-28(41-29)35(36,37)38/h6-9,18-19,23,26-27,30-31H,10-17,20-22H2,1-5H3,(H,40,41)/t26-,27+,30+,31-/m0/s1. The van der Waals surface area contributed by atoms with Crippen molar-refractivity contribution in [3.63, 3.8) is 0 Å². The maximum Gasteiger partial charge on any atom is 0.434 e. The van der Waals surface area contributed by atoms with Crippen LogP contribution < -0.4 is 10.2 Å². The lowest BCUT2D eigenvalue weighted by Gasteiger charge is -2.42. The number of aromatic nitrogens is 2. The van der Waals surface area contributed by atoms with E-state index in [0.29, 0.717) is 24.2 Å². The molecule has 0 radical (unpaired) electrons.